The Hall–Kier alpha value is -6.43. The van der Waals surface area contributed by atoms with Crippen LogP contribution in [-0.4, -0.2) is 10.6 Å². The summed E-state index contributed by atoms with van der Waals surface area (Å²) in [6, 6.07) is 61.2. The van der Waals surface area contributed by atoms with E-state index in [1.54, 1.807) is 0 Å². The standard InChI is InChI=1S/C48H28BNO2S/c1-5-16-41-34(12-1)35-13-2-6-17-42(35)50(41)33-11-9-10-29(24-33)32-25-39-38-23-21-31(30-20-22-37-36-14-3-7-18-43(36)51-45(37)26-30)28-47(38)53-49-40-15-4-8-19-44(40)52-46(27-32)48(39)49/h1-28H. The van der Waals surface area contributed by atoms with E-state index in [9.17, 15) is 0 Å². The number of hydrogen-bond acceptors (Lipinski definition) is 3. The number of ether oxygens (including phenoxy) is 1. The van der Waals surface area contributed by atoms with Crippen molar-refractivity contribution >= 4 is 72.3 Å². The predicted octanol–water partition coefficient (Wildman–Crippen LogP) is 12.0. The molecule has 0 atom stereocenters. The summed E-state index contributed by atoms with van der Waals surface area (Å²) in [6.45, 7) is 0. The molecule has 0 amide bonds. The summed E-state index contributed by atoms with van der Waals surface area (Å²) in [7, 11) is 0. The quantitative estimate of drug-likeness (QED) is 0.172. The lowest BCUT2D eigenvalue weighted by Gasteiger charge is -2.33. The van der Waals surface area contributed by atoms with Crippen molar-refractivity contribution in [2.45, 2.75) is 4.90 Å². The minimum atomic E-state index is 0.128. The van der Waals surface area contributed by atoms with E-state index >= 15 is 0 Å². The molecule has 0 spiro atoms. The van der Waals surface area contributed by atoms with Crippen molar-refractivity contribution in [1.82, 2.24) is 4.57 Å². The normalized spacial score (nSPS) is 12.9. The molecule has 0 bridgehead atoms. The van der Waals surface area contributed by atoms with Gasteiger partial charge in [-0.15, -0.1) is 0 Å². The van der Waals surface area contributed by atoms with Gasteiger partial charge in [-0.25, -0.2) is 0 Å². The van der Waals surface area contributed by atoms with Crippen LogP contribution in [0.2, 0.25) is 0 Å². The van der Waals surface area contributed by atoms with Gasteiger partial charge in [-0.2, -0.15) is 11.6 Å². The maximum atomic E-state index is 6.75. The molecule has 53 heavy (non-hydrogen) atoms. The summed E-state index contributed by atoms with van der Waals surface area (Å²) in [4.78, 5) is 1.27. The topological polar surface area (TPSA) is 27.3 Å². The summed E-state index contributed by atoms with van der Waals surface area (Å²) in [6.07, 6.45) is 0. The average molecular weight is 694 g/mol. The van der Waals surface area contributed by atoms with E-state index in [-0.39, 0.29) is 5.99 Å². The number of hydrogen-bond donors (Lipinski definition) is 0. The molecule has 0 aliphatic carbocycles. The summed E-state index contributed by atoms with van der Waals surface area (Å²) >= 11 is 1.92. The number of fused-ring (bicyclic) bond motifs is 10. The van der Waals surface area contributed by atoms with Crippen LogP contribution in [0.4, 0.5) is 0 Å². The number of benzene rings is 8. The molecule has 0 unspecified atom stereocenters. The van der Waals surface area contributed by atoms with E-state index in [1.165, 1.54) is 54.3 Å². The van der Waals surface area contributed by atoms with Crippen molar-refractivity contribution in [2.75, 3.05) is 0 Å². The second-order valence-corrected chi connectivity index (χ2v) is 15.2. The van der Waals surface area contributed by atoms with Crippen molar-refractivity contribution in [1.29, 1.82) is 0 Å². The zero-order chi connectivity index (χ0) is 34.6. The van der Waals surface area contributed by atoms with Crippen LogP contribution < -0.4 is 15.7 Å². The highest BCUT2D eigenvalue weighted by molar-refractivity contribution is 8.28. The van der Waals surface area contributed by atoms with Crippen LogP contribution in [0.25, 0.3) is 82.8 Å². The fourth-order valence-corrected chi connectivity index (χ4v) is 10.1. The van der Waals surface area contributed by atoms with Crippen LogP contribution in [0.15, 0.2) is 179 Å². The fourth-order valence-electron chi connectivity index (χ4n) is 8.64. The lowest BCUT2D eigenvalue weighted by Crippen LogP contribution is -2.46. The first-order valence-corrected chi connectivity index (χ1v) is 18.9. The molecule has 0 saturated carbocycles. The minimum Gasteiger partial charge on any atom is -0.458 e. The molecular formula is C48H28BNO2S. The zero-order valence-electron chi connectivity index (χ0n) is 28.4. The molecule has 5 heteroatoms. The van der Waals surface area contributed by atoms with E-state index in [0.717, 1.165) is 55.8 Å². The molecule has 0 N–H and O–H groups in total. The summed E-state index contributed by atoms with van der Waals surface area (Å²) in [5.74, 6) is 1.99. The van der Waals surface area contributed by atoms with Crippen molar-refractivity contribution in [3.8, 4) is 50.6 Å². The molecule has 246 valence electrons. The van der Waals surface area contributed by atoms with Crippen LogP contribution in [0.1, 0.15) is 0 Å². The molecule has 2 aliphatic rings. The highest BCUT2D eigenvalue weighted by Gasteiger charge is 2.38. The smallest absolute Gasteiger partial charge is 0.289 e. The number of para-hydroxylation sites is 4. The molecule has 2 aliphatic heterocycles. The molecule has 0 fully saturated rings. The largest absolute Gasteiger partial charge is 0.458 e. The lowest BCUT2D eigenvalue weighted by molar-refractivity contribution is 0.488. The Morgan fingerprint density at radius 1 is 0.453 bits per heavy atom. The lowest BCUT2D eigenvalue weighted by atomic mass is 9.57. The van der Waals surface area contributed by atoms with Crippen molar-refractivity contribution in [2.24, 2.45) is 0 Å². The summed E-state index contributed by atoms with van der Waals surface area (Å²) in [5, 5.41) is 4.82. The molecule has 3 nitrogen and oxygen atoms in total. The molecule has 8 aromatic carbocycles. The third kappa shape index (κ3) is 4.32. The number of rotatable bonds is 3. The van der Waals surface area contributed by atoms with Crippen LogP contribution in [0.3, 0.4) is 0 Å². The van der Waals surface area contributed by atoms with E-state index in [4.69, 9.17) is 9.15 Å². The van der Waals surface area contributed by atoms with Gasteiger partial charge in [-0.1, -0.05) is 103 Å². The third-order valence-electron chi connectivity index (χ3n) is 11.1. The zero-order valence-corrected chi connectivity index (χ0v) is 29.2. The molecule has 10 aromatic rings. The Bertz CT molecular complexity index is 3100. The summed E-state index contributed by atoms with van der Waals surface area (Å²) in [5.41, 5.74) is 14.9. The van der Waals surface area contributed by atoms with Crippen molar-refractivity contribution < 1.29 is 9.15 Å². The van der Waals surface area contributed by atoms with Gasteiger partial charge in [-0.05, 0) is 111 Å². The van der Waals surface area contributed by atoms with Crippen molar-refractivity contribution in [3.63, 3.8) is 0 Å². The maximum absolute atomic E-state index is 6.75. The van der Waals surface area contributed by atoms with Crippen molar-refractivity contribution in [3.05, 3.63) is 170 Å². The Kier molecular flexibility index (Phi) is 6.08. The second-order valence-electron chi connectivity index (χ2n) is 14.0. The van der Waals surface area contributed by atoms with Gasteiger partial charge in [0.05, 0.1) is 11.0 Å². The van der Waals surface area contributed by atoms with Crippen LogP contribution >= 0.6 is 11.6 Å². The number of furan rings is 1. The van der Waals surface area contributed by atoms with Crippen LogP contribution in [0, 0.1) is 0 Å². The molecule has 2 aromatic heterocycles. The Labute approximate surface area is 310 Å². The minimum absolute atomic E-state index is 0.128. The van der Waals surface area contributed by atoms with Gasteiger partial charge in [0.1, 0.15) is 22.7 Å². The second kappa shape index (κ2) is 11.0. The van der Waals surface area contributed by atoms with E-state index in [2.05, 4.69) is 162 Å². The van der Waals surface area contributed by atoms with Gasteiger partial charge in [-0.3, -0.25) is 0 Å². The van der Waals surface area contributed by atoms with Gasteiger partial charge < -0.3 is 13.7 Å². The Morgan fingerprint density at radius 3 is 2.02 bits per heavy atom. The molecular weight excluding hydrogens is 665 g/mol. The van der Waals surface area contributed by atoms with Gasteiger partial charge >= 0.3 is 0 Å². The molecule has 12 rings (SSSR count). The number of nitrogens with zero attached hydrogens (tertiary/aromatic N) is 1. The molecule has 0 radical (unpaired) electrons. The van der Waals surface area contributed by atoms with Gasteiger partial charge in [0.25, 0.3) is 5.99 Å². The van der Waals surface area contributed by atoms with Gasteiger partial charge in [0, 0.05) is 32.1 Å². The first-order valence-electron chi connectivity index (χ1n) is 18.0. The van der Waals surface area contributed by atoms with E-state index in [0.29, 0.717) is 0 Å². The maximum Gasteiger partial charge on any atom is 0.289 e. The third-order valence-corrected chi connectivity index (χ3v) is 12.4. The number of aromatic nitrogens is 1. The van der Waals surface area contributed by atoms with E-state index in [1.807, 2.05) is 23.7 Å². The van der Waals surface area contributed by atoms with Crippen LogP contribution in [-0.2, 0) is 0 Å². The highest BCUT2D eigenvalue weighted by atomic mass is 32.2. The van der Waals surface area contributed by atoms with Gasteiger partial charge in [0.15, 0.2) is 0 Å². The average Bonchev–Trinajstić information content (AvgIpc) is 3.76. The SMILES string of the molecule is c1cc(-c2cc3c4c(c2)-c2ccc(-c5ccc6c(c5)oc5ccccc56)cc2SB4c2ccccc2O3)cc(-n2c3ccccc3c3ccccc32)c1. The predicted molar refractivity (Wildman–Crippen MR) is 222 cm³/mol. The highest BCUT2D eigenvalue weighted by Crippen LogP contribution is 2.46. The fraction of sp³-hybridized carbons (Fsp3) is 0. The first-order chi connectivity index (χ1) is 26.2. The first kappa shape index (κ1) is 29.2. The monoisotopic (exact) mass is 693 g/mol. The van der Waals surface area contributed by atoms with Gasteiger partial charge in [0.2, 0.25) is 0 Å². The summed E-state index contributed by atoms with van der Waals surface area (Å²) < 4.78 is 15.4. The molecule has 0 saturated heterocycles. The molecule has 4 heterocycles. The Morgan fingerprint density at radius 2 is 1.15 bits per heavy atom. The Balaban J connectivity index is 1.02. The van der Waals surface area contributed by atoms with E-state index < -0.39 is 0 Å². The van der Waals surface area contributed by atoms with Crippen LogP contribution in [0.5, 0.6) is 11.5 Å².